The van der Waals surface area contributed by atoms with E-state index in [0.717, 1.165) is 26.2 Å². The Morgan fingerprint density at radius 1 is 1.45 bits per heavy atom. The molecule has 7 nitrogen and oxygen atoms in total. The molecule has 0 saturated carbocycles. The van der Waals surface area contributed by atoms with Crippen molar-refractivity contribution in [3.63, 3.8) is 0 Å². The molecule has 8 heteroatoms. The molecule has 0 aromatic heterocycles. The number of nitrogens with one attached hydrogen (secondary N) is 2. The van der Waals surface area contributed by atoms with Crippen molar-refractivity contribution in [3.05, 3.63) is 33.3 Å². The fraction of sp³-hybridized carbons (Fsp3) is 0.417. The van der Waals surface area contributed by atoms with Gasteiger partial charge in [0, 0.05) is 37.9 Å². The Kier molecular flexibility index (Phi) is 4.89. The van der Waals surface area contributed by atoms with Gasteiger partial charge >= 0.3 is 0 Å². The molecular weight excluding hydrogens is 284 g/mol. The van der Waals surface area contributed by atoms with Crippen LogP contribution in [0.15, 0.2) is 18.2 Å². The summed E-state index contributed by atoms with van der Waals surface area (Å²) in [6.45, 7) is 3.70. The smallest absolute Gasteiger partial charge is 0.288 e. The quantitative estimate of drug-likeness (QED) is 0.642. The number of rotatable bonds is 4. The van der Waals surface area contributed by atoms with Gasteiger partial charge in [-0.15, -0.1) is 0 Å². The molecule has 20 heavy (non-hydrogen) atoms. The lowest BCUT2D eigenvalue weighted by Gasteiger charge is -2.26. The summed E-state index contributed by atoms with van der Waals surface area (Å²) in [6, 6.07) is 4.14. The van der Waals surface area contributed by atoms with Crippen LogP contribution in [0.25, 0.3) is 0 Å². The second-order valence-corrected chi connectivity index (χ2v) is 4.90. The van der Waals surface area contributed by atoms with Crippen molar-refractivity contribution >= 4 is 28.9 Å². The Bertz CT molecular complexity index is 517. The van der Waals surface area contributed by atoms with Gasteiger partial charge < -0.3 is 10.6 Å². The maximum Gasteiger partial charge on any atom is 0.288 e. The van der Waals surface area contributed by atoms with Gasteiger partial charge in [0.1, 0.15) is 5.02 Å². The summed E-state index contributed by atoms with van der Waals surface area (Å²) in [6.07, 6.45) is 0. The summed E-state index contributed by atoms with van der Waals surface area (Å²) in [5, 5.41) is 16.5. The normalized spacial score (nSPS) is 15.8. The average molecular weight is 299 g/mol. The topological polar surface area (TPSA) is 87.5 Å². The number of halogens is 1. The first-order valence-corrected chi connectivity index (χ1v) is 6.61. The molecule has 1 aliphatic rings. The molecule has 1 aromatic rings. The maximum atomic E-state index is 11.9. The van der Waals surface area contributed by atoms with E-state index in [2.05, 4.69) is 10.6 Å². The molecule has 0 bridgehead atoms. The Morgan fingerprint density at radius 3 is 2.75 bits per heavy atom. The van der Waals surface area contributed by atoms with E-state index in [1.54, 1.807) is 0 Å². The van der Waals surface area contributed by atoms with Crippen molar-refractivity contribution in [1.29, 1.82) is 0 Å². The van der Waals surface area contributed by atoms with Crippen molar-refractivity contribution in [2.45, 2.75) is 0 Å². The van der Waals surface area contributed by atoms with Crippen molar-refractivity contribution in [2.75, 3.05) is 38.0 Å². The number of hydrogen-bond acceptors (Lipinski definition) is 5. The Balaban J connectivity index is 1.93. The van der Waals surface area contributed by atoms with Gasteiger partial charge in [0.25, 0.3) is 5.69 Å². The first kappa shape index (κ1) is 14.7. The van der Waals surface area contributed by atoms with Crippen LogP contribution in [0.1, 0.15) is 0 Å². The van der Waals surface area contributed by atoms with Gasteiger partial charge in [0.15, 0.2) is 0 Å². The summed E-state index contributed by atoms with van der Waals surface area (Å²) in [4.78, 5) is 24.0. The molecule has 1 fully saturated rings. The highest BCUT2D eigenvalue weighted by Crippen LogP contribution is 2.27. The zero-order chi connectivity index (χ0) is 14.5. The third-order valence-corrected chi connectivity index (χ3v) is 3.31. The van der Waals surface area contributed by atoms with Gasteiger partial charge in [-0.25, -0.2) is 0 Å². The van der Waals surface area contributed by atoms with Crippen molar-refractivity contribution in [3.8, 4) is 0 Å². The van der Waals surface area contributed by atoms with Crippen molar-refractivity contribution < 1.29 is 9.72 Å². The minimum atomic E-state index is -0.561. The van der Waals surface area contributed by atoms with Crippen LogP contribution in [0, 0.1) is 10.1 Å². The molecule has 1 aliphatic heterocycles. The third-order valence-electron chi connectivity index (χ3n) is 3.00. The Morgan fingerprint density at radius 2 is 2.15 bits per heavy atom. The van der Waals surface area contributed by atoms with Crippen LogP contribution in [0.2, 0.25) is 5.02 Å². The molecule has 0 radical (unpaired) electrons. The van der Waals surface area contributed by atoms with Gasteiger partial charge in [-0.3, -0.25) is 19.8 Å². The summed E-state index contributed by atoms with van der Waals surface area (Å²) in [5.74, 6) is -0.156. The summed E-state index contributed by atoms with van der Waals surface area (Å²) in [5.41, 5.74) is 0.285. The van der Waals surface area contributed by atoms with Crippen LogP contribution in [0.3, 0.4) is 0 Å². The first-order valence-electron chi connectivity index (χ1n) is 6.23. The predicted molar refractivity (Wildman–Crippen MR) is 76.0 cm³/mol. The molecule has 2 rings (SSSR count). The molecule has 108 valence electrons. The number of benzene rings is 1. The molecule has 0 aliphatic carbocycles. The minimum Gasteiger partial charge on any atom is -0.325 e. The monoisotopic (exact) mass is 298 g/mol. The lowest BCUT2D eigenvalue weighted by atomic mass is 10.2. The molecule has 1 saturated heterocycles. The van der Waals surface area contributed by atoms with Crippen LogP contribution in [0.4, 0.5) is 11.4 Å². The van der Waals surface area contributed by atoms with Crippen molar-refractivity contribution in [1.82, 2.24) is 10.2 Å². The van der Waals surface area contributed by atoms with Crippen LogP contribution >= 0.6 is 11.6 Å². The highest BCUT2D eigenvalue weighted by atomic mass is 35.5. The first-order chi connectivity index (χ1) is 9.56. The Hall–Kier alpha value is -1.70. The number of anilines is 1. The number of hydrogen-bond donors (Lipinski definition) is 2. The van der Waals surface area contributed by atoms with E-state index in [9.17, 15) is 14.9 Å². The molecule has 1 amide bonds. The second kappa shape index (κ2) is 6.65. The van der Waals surface area contributed by atoms with E-state index in [-0.39, 0.29) is 16.6 Å². The average Bonchev–Trinajstić information content (AvgIpc) is 2.39. The van der Waals surface area contributed by atoms with Gasteiger partial charge in [-0.05, 0) is 12.1 Å². The number of nitrogens with zero attached hydrogens (tertiary/aromatic N) is 2. The van der Waals surface area contributed by atoms with Crippen LogP contribution in [0.5, 0.6) is 0 Å². The van der Waals surface area contributed by atoms with Crippen molar-refractivity contribution in [2.24, 2.45) is 0 Å². The molecule has 0 atom stereocenters. The Labute approximate surface area is 121 Å². The van der Waals surface area contributed by atoms with E-state index in [1.807, 2.05) is 4.90 Å². The van der Waals surface area contributed by atoms with Gasteiger partial charge in [-0.1, -0.05) is 11.6 Å². The molecule has 0 spiro atoms. The standard InChI is InChI=1S/C12H15ClN4O3/c13-10-7-9(1-2-11(10)17(19)20)15-12(18)8-16-5-3-14-4-6-16/h1-2,7,14H,3-6,8H2,(H,15,18). The number of carbonyl (C=O) groups is 1. The number of carbonyl (C=O) groups excluding carboxylic acids is 1. The summed E-state index contributed by atoms with van der Waals surface area (Å²) >= 11 is 5.79. The third kappa shape index (κ3) is 3.89. The number of amides is 1. The highest BCUT2D eigenvalue weighted by molar-refractivity contribution is 6.33. The van der Waals surface area contributed by atoms with Gasteiger partial charge in [0.2, 0.25) is 5.91 Å². The summed E-state index contributed by atoms with van der Waals surface area (Å²) in [7, 11) is 0. The zero-order valence-electron chi connectivity index (χ0n) is 10.8. The number of nitro benzene ring substituents is 1. The van der Waals surface area contributed by atoms with Gasteiger partial charge in [0.05, 0.1) is 11.5 Å². The fourth-order valence-electron chi connectivity index (χ4n) is 2.01. The van der Waals surface area contributed by atoms with Gasteiger partial charge in [-0.2, -0.15) is 0 Å². The largest absolute Gasteiger partial charge is 0.325 e. The second-order valence-electron chi connectivity index (χ2n) is 4.50. The maximum absolute atomic E-state index is 11.9. The highest BCUT2D eigenvalue weighted by Gasteiger charge is 2.15. The molecule has 1 aromatic carbocycles. The summed E-state index contributed by atoms with van der Waals surface area (Å²) < 4.78 is 0. The number of piperazine rings is 1. The molecule has 0 unspecified atom stereocenters. The predicted octanol–water partition coefficient (Wildman–Crippen LogP) is 1.09. The van der Waals surface area contributed by atoms with E-state index in [4.69, 9.17) is 11.6 Å². The lowest BCUT2D eigenvalue weighted by Crippen LogP contribution is -2.46. The SMILES string of the molecule is O=C(CN1CCNCC1)Nc1ccc([N+](=O)[O-])c(Cl)c1. The number of nitro groups is 1. The molecular formula is C12H15ClN4O3. The van der Waals surface area contributed by atoms with E-state index < -0.39 is 4.92 Å². The van der Waals surface area contributed by atoms with Crippen LogP contribution in [-0.2, 0) is 4.79 Å². The zero-order valence-corrected chi connectivity index (χ0v) is 11.5. The van der Waals surface area contributed by atoms with E-state index >= 15 is 0 Å². The molecule has 1 heterocycles. The lowest BCUT2D eigenvalue weighted by molar-refractivity contribution is -0.384. The van der Waals surface area contributed by atoms with E-state index in [0.29, 0.717) is 12.2 Å². The minimum absolute atomic E-state index is 0.00923. The molecule has 2 N–H and O–H groups in total. The van der Waals surface area contributed by atoms with Crippen LogP contribution in [-0.4, -0.2) is 48.5 Å². The fourth-order valence-corrected chi connectivity index (χ4v) is 2.26. The van der Waals surface area contributed by atoms with Crippen LogP contribution < -0.4 is 10.6 Å². The van der Waals surface area contributed by atoms with E-state index in [1.165, 1.54) is 18.2 Å².